The molecule has 23 heavy (non-hydrogen) atoms. The zero-order chi connectivity index (χ0) is 15.9. The molecule has 0 radical (unpaired) electrons. The van der Waals surface area contributed by atoms with Crippen LogP contribution in [0.1, 0.15) is 17.2 Å². The van der Waals surface area contributed by atoms with E-state index in [4.69, 9.17) is 11.6 Å². The zero-order valence-corrected chi connectivity index (χ0v) is 13.3. The molecule has 0 saturated carbocycles. The molecule has 0 bridgehead atoms. The summed E-state index contributed by atoms with van der Waals surface area (Å²) in [5.41, 5.74) is 3.13. The van der Waals surface area contributed by atoms with Gasteiger partial charge in [-0.3, -0.25) is 0 Å². The molecule has 3 aromatic rings. The van der Waals surface area contributed by atoms with Gasteiger partial charge in [0.25, 0.3) is 0 Å². The number of anilines is 1. The zero-order valence-electron chi connectivity index (χ0n) is 12.5. The van der Waals surface area contributed by atoms with Gasteiger partial charge in [-0.25, -0.2) is 0 Å². The highest BCUT2D eigenvalue weighted by atomic mass is 35.5. The molecular weight excluding hydrogens is 302 g/mol. The molecule has 0 fully saturated rings. The van der Waals surface area contributed by atoms with E-state index in [1.807, 2.05) is 72.8 Å². The highest BCUT2D eigenvalue weighted by molar-refractivity contribution is 6.30. The van der Waals surface area contributed by atoms with Gasteiger partial charge in [0, 0.05) is 16.3 Å². The van der Waals surface area contributed by atoms with Crippen LogP contribution >= 0.6 is 11.6 Å². The van der Waals surface area contributed by atoms with Crippen LogP contribution in [0.15, 0.2) is 84.9 Å². The van der Waals surface area contributed by atoms with E-state index in [0.717, 1.165) is 21.8 Å². The molecule has 2 heteroatoms. The van der Waals surface area contributed by atoms with Crippen LogP contribution in [0.25, 0.3) is 0 Å². The predicted molar refractivity (Wildman–Crippen MR) is 97.6 cm³/mol. The molecule has 0 saturated heterocycles. The van der Waals surface area contributed by atoms with Gasteiger partial charge in [0.2, 0.25) is 0 Å². The molecule has 112 valence electrons. The third kappa shape index (κ3) is 4.39. The second-order valence-electron chi connectivity index (χ2n) is 5.13. The first kappa shape index (κ1) is 15.2. The van der Waals surface area contributed by atoms with Gasteiger partial charge in [-0.05, 0) is 42.0 Å². The lowest BCUT2D eigenvalue weighted by Crippen LogP contribution is -2.08. The average Bonchev–Trinajstić information content (AvgIpc) is 2.62. The van der Waals surface area contributed by atoms with E-state index in [2.05, 4.69) is 29.3 Å². The Bertz CT molecular complexity index is 799. The van der Waals surface area contributed by atoms with E-state index in [0.29, 0.717) is 0 Å². The second-order valence-corrected chi connectivity index (χ2v) is 5.57. The van der Waals surface area contributed by atoms with E-state index in [1.165, 1.54) is 0 Å². The molecule has 1 N–H and O–H groups in total. The maximum Gasteiger partial charge on any atom is 0.114 e. The van der Waals surface area contributed by atoms with Crippen LogP contribution in [-0.4, -0.2) is 0 Å². The lowest BCUT2D eigenvalue weighted by Gasteiger charge is -2.15. The summed E-state index contributed by atoms with van der Waals surface area (Å²) in [6.07, 6.45) is 0. The summed E-state index contributed by atoms with van der Waals surface area (Å²) in [5.74, 6) is 6.56. The van der Waals surface area contributed by atoms with Crippen molar-refractivity contribution in [1.82, 2.24) is 0 Å². The molecule has 0 unspecified atom stereocenters. The average molecular weight is 318 g/mol. The van der Waals surface area contributed by atoms with Gasteiger partial charge in [0.1, 0.15) is 6.04 Å². The Balaban J connectivity index is 1.88. The lowest BCUT2D eigenvalue weighted by atomic mass is 10.1. The fourth-order valence-electron chi connectivity index (χ4n) is 2.24. The quantitative estimate of drug-likeness (QED) is 0.625. The SMILES string of the molecule is Clc1ccc(N[C@H](C#Cc2ccccc2)c2ccccc2)cc1. The Hall–Kier alpha value is -2.69. The van der Waals surface area contributed by atoms with E-state index < -0.39 is 0 Å². The third-order valence-corrected chi connectivity index (χ3v) is 3.67. The summed E-state index contributed by atoms with van der Waals surface area (Å²) >= 11 is 5.95. The first-order valence-corrected chi connectivity index (χ1v) is 7.83. The van der Waals surface area contributed by atoms with E-state index in [9.17, 15) is 0 Å². The number of rotatable bonds is 3. The second kappa shape index (κ2) is 7.54. The Morgan fingerprint density at radius 1 is 0.739 bits per heavy atom. The fourth-order valence-corrected chi connectivity index (χ4v) is 2.36. The molecule has 0 amide bonds. The minimum atomic E-state index is -0.0856. The minimum absolute atomic E-state index is 0.0856. The summed E-state index contributed by atoms with van der Waals surface area (Å²) < 4.78 is 0. The summed E-state index contributed by atoms with van der Waals surface area (Å²) in [7, 11) is 0. The van der Waals surface area contributed by atoms with Crippen LogP contribution in [0, 0.1) is 11.8 Å². The smallest absolute Gasteiger partial charge is 0.114 e. The number of nitrogens with one attached hydrogen (secondary N) is 1. The van der Waals surface area contributed by atoms with Gasteiger partial charge in [0.15, 0.2) is 0 Å². The highest BCUT2D eigenvalue weighted by Gasteiger charge is 2.07. The molecule has 0 heterocycles. The van der Waals surface area contributed by atoms with Crippen LogP contribution in [-0.2, 0) is 0 Å². The van der Waals surface area contributed by atoms with Crippen molar-refractivity contribution in [2.75, 3.05) is 5.32 Å². The molecule has 3 aromatic carbocycles. The van der Waals surface area contributed by atoms with Crippen molar-refractivity contribution in [3.05, 3.63) is 101 Å². The normalized spacial score (nSPS) is 11.2. The predicted octanol–water partition coefficient (Wildman–Crippen LogP) is 5.54. The standard InChI is InChI=1S/C21H16ClN/c22-19-12-14-20(15-13-19)23-21(18-9-5-2-6-10-18)16-11-17-7-3-1-4-8-17/h1-10,12-15,21,23H/t21-/m1/s1. The van der Waals surface area contributed by atoms with E-state index >= 15 is 0 Å². The number of benzene rings is 3. The maximum absolute atomic E-state index is 5.95. The molecule has 0 aliphatic heterocycles. The first-order valence-electron chi connectivity index (χ1n) is 7.45. The number of halogens is 1. The van der Waals surface area contributed by atoms with Gasteiger partial charge in [-0.2, -0.15) is 0 Å². The Labute approximate surface area is 141 Å². The minimum Gasteiger partial charge on any atom is -0.368 e. The van der Waals surface area contributed by atoms with Crippen LogP contribution in [0.3, 0.4) is 0 Å². The largest absolute Gasteiger partial charge is 0.368 e. The Morgan fingerprint density at radius 2 is 1.35 bits per heavy atom. The van der Waals surface area contributed by atoms with Crippen LogP contribution in [0.5, 0.6) is 0 Å². The summed E-state index contributed by atoms with van der Waals surface area (Å²) in [6, 6.07) is 27.8. The monoisotopic (exact) mass is 317 g/mol. The summed E-state index contributed by atoms with van der Waals surface area (Å²) in [4.78, 5) is 0. The summed E-state index contributed by atoms with van der Waals surface area (Å²) in [6.45, 7) is 0. The molecule has 0 aromatic heterocycles. The molecule has 3 rings (SSSR count). The van der Waals surface area contributed by atoms with Crippen LogP contribution in [0.2, 0.25) is 5.02 Å². The van der Waals surface area contributed by atoms with Crippen molar-refractivity contribution in [3.63, 3.8) is 0 Å². The van der Waals surface area contributed by atoms with Crippen LogP contribution in [0.4, 0.5) is 5.69 Å². The van der Waals surface area contributed by atoms with E-state index in [-0.39, 0.29) is 6.04 Å². The highest BCUT2D eigenvalue weighted by Crippen LogP contribution is 2.21. The van der Waals surface area contributed by atoms with Crippen molar-refractivity contribution >= 4 is 17.3 Å². The van der Waals surface area contributed by atoms with Gasteiger partial charge in [0.05, 0.1) is 0 Å². The van der Waals surface area contributed by atoms with Gasteiger partial charge < -0.3 is 5.32 Å². The van der Waals surface area contributed by atoms with Gasteiger partial charge in [-0.15, -0.1) is 0 Å². The maximum atomic E-state index is 5.95. The molecular formula is C21H16ClN. The topological polar surface area (TPSA) is 12.0 Å². The Morgan fingerprint density at radius 3 is 2.00 bits per heavy atom. The first-order chi connectivity index (χ1) is 11.3. The van der Waals surface area contributed by atoms with Crippen molar-refractivity contribution in [1.29, 1.82) is 0 Å². The molecule has 0 spiro atoms. The van der Waals surface area contributed by atoms with Crippen molar-refractivity contribution in [2.45, 2.75) is 6.04 Å². The fraction of sp³-hybridized carbons (Fsp3) is 0.0476. The van der Waals surface area contributed by atoms with Gasteiger partial charge in [-0.1, -0.05) is 72.0 Å². The molecule has 0 aliphatic rings. The molecule has 1 nitrogen and oxygen atoms in total. The lowest BCUT2D eigenvalue weighted by molar-refractivity contribution is 1.02. The molecule has 0 aliphatic carbocycles. The molecule has 1 atom stereocenters. The van der Waals surface area contributed by atoms with Crippen molar-refractivity contribution in [2.24, 2.45) is 0 Å². The third-order valence-electron chi connectivity index (χ3n) is 3.42. The van der Waals surface area contributed by atoms with Gasteiger partial charge >= 0.3 is 0 Å². The Kier molecular flexibility index (Phi) is 4.99. The van der Waals surface area contributed by atoms with E-state index in [1.54, 1.807) is 0 Å². The summed E-state index contributed by atoms with van der Waals surface area (Å²) in [5, 5.41) is 4.18. The van der Waals surface area contributed by atoms with Crippen molar-refractivity contribution in [3.8, 4) is 11.8 Å². The van der Waals surface area contributed by atoms with Crippen molar-refractivity contribution < 1.29 is 0 Å². The van der Waals surface area contributed by atoms with Crippen LogP contribution < -0.4 is 5.32 Å². The number of hydrogen-bond donors (Lipinski definition) is 1. The number of hydrogen-bond acceptors (Lipinski definition) is 1.